The summed E-state index contributed by atoms with van der Waals surface area (Å²) in [6.45, 7) is 10.4. The highest BCUT2D eigenvalue weighted by Crippen LogP contribution is 2.32. The van der Waals surface area contributed by atoms with Crippen molar-refractivity contribution in [1.29, 1.82) is 0 Å². The number of nitrogens with one attached hydrogen (secondary N) is 1. The zero-order chi connectivity index (χ0) is 30.5. The number of benzene rings is 2. The van der Waals surface area contributed by atoms with Crippen molar-refractivity contribution in [3.05, 3.63) is 100 Å². The van der Waals surface area contributed by atoms with Gasteiger partial charge in [0.25, 0.3) is 5.91 Å². The summed E-state index contributed by atoms with van der Waals surface area (Å²) in [5.74, 6) is -0.334. The maximum Gasteiger partial charge on any atom is 0.386 e. The van der Waals surface area contributed by atoms with E-state index in [0.29, 0.717) is 30.1 Å². The lowest BCUT2D eigenvalue weighted by Gasteiger charge is -2.27. The molecule has 1 amide bonds. The van der Waals surface area contributed by atoms with Crippen molar-refractivity contribution in [2.24, 2.45) is 0 Å². The minimum absolute atomic E-state index is 0.170. The van der Waals surface area contributed by atoms with Crippen molar-refractivity contribution >= 4 is 17.8 Å². The Morgan fingerprint density at radius 2 is 1.86 bits per heavy atom. The van der Waals surface area contributed by atoms with E-state index in [1.165, 1.54) is 18.2 Å². The monoisotopic (exact) mass is 573 g/mol. The average molecular weight is 574 g/mol. The summed E-state index contributed by atoms with van der Waals surface area (Å²) < 4.78 is 20.9. The van der Waals surface area contributed by atoms with E-state index in [2.05, 4.69) is 45.0 Å². The van der Waals surface area contributed by atoms with E-state index in [9.17, 15) is 14.4 Å². The van der Waals surface area contributed by atoms with Crippen LogP contribution in [-0.2, 0) is 38.3 Å². The molecule has 0 bridgehead atoms. The Bertz CT molecular complexity index is 1420. The number of pyridine rings is 1. The Morgan fingerprint density at radius 1 is 1.05 bits per heavy atom. The van der Waals surface area contributed by atoms with Gasteiger partial charge in [0.15, 0.2) is 11.5 Å². The van der Waals surface area contributed by atoms with Crippen LogP contribution >= 0.6 is 0 Å². The van der Waals surface area contributed by atoms with Crippen LogP contribution < -0.4 is 14.8 Å². The van der Waals surface area contributed by atoms with Gasteiger partial charge in [-0.05, 0) is 49.2 Å². The summed E-state index contributed by atoms with van der Waals surface area (Å²) in [6.07, 6.45) is 3.02. The molecule has 1 N–H and O–H groups in total. The van der Waals surface area contributed by atoms with Gasteiger partial charge in [0.1, 0.15) is 5.54 Å². The maximum absolute atomic E-state index is 13.3. The molecule has 1 aromatic heterocycles. The van der Waals surface area contributed by atoms with Crippen LogP contribution in [0.25, 0.3) is 4.85 Å². The van der Waals surface area contributed by atoms with Crippen LogP contribution in [0.15, 0.2) is 60.8 Å². The summed E-state index contributed by atoms with van der Waals surface area (Å²) >= 11 is 0. The highest BCUT2D eigenvalue weighted by atomic mass is 16.5. The molecule has 1 heterocycles. The van der Waals surface area contributed by atoms with Gasteiger partial charge in [-0.2, -0.15) is 0 Å². The second-order valence-electron chi connectivity index (χ2n) is 9.56. The number of aryl methyl sites for hydroxylation is 1. The van der Waals surface area contributed by atoms with Crippen LogP contribution in [0, 0.1) is 13.5 Å². The molecule has 0 spiro atoms. The van der Waals surface area contributed by atoms with Crippen molar-refractivity contribution in [2.75, 3.05) is 34.0 Å². The number of methoxy groups -OCH3 is 2. The third-order valence-electron chi connectivity index (χ3n) is 6.56. The van der Waals surface area contributed by atoms with Crippen LogP contribution in [0.3, 0.4) is 0 Å². The molecular weight excluding hydrogens is 538 g/mol. The first kappa shape index (κ1) is 31.6. The first-order valence-electron chi connectivity index (χ1n) is 13.4. The minimum atomic E-state index is -1.20. The van der Waals surface area contributed by atoms with Crippen LogP contribution in [-0.4, -0.2) is 62.3 Å². The SMILES string of the molecule is CCOC(=O)C1(NC(=O)c2ccc(OC)c(OCCc3cccc(C)c3)c2)Cc2cccnc2C1.[C-]#[N+]CC(=O)OC. The Hall–Kier alpha value is -4.91. The molecule has 42 heavy (non-hydrogen) atoms. The van der Waals surface area contributed by atoms with E-state index in [-0.39, 0.29) is 19.6 Å². The number of esters is 2. The number of hydrogen-bond acceptors (Lipinski definition) is 8. The van der Waals surface area contributed by atoms with Gasteiger partial charge in [0.05, 0.1) is 27.4 Å². The predicted octanol–water partition coefficient (Wildman–Crippen LogP) is 3.93. The maximum atomic E-state index is 13.3. The van der Waals surface area contributed by atoms with Crippen LogP contribution in [0.5, 0.6) is 11.5 Å². The fourth-order valence-corrected chi connectivity index (χ4v) is 4.51. The average Bonchev–Trinajstić information content (AvgIpc) is 3.37. The van der Waals surface area contributed by atoms with E-state index in [4.69, 9.17) is 20.8 Å². The molecule has 10 heteroatoms. The number of carbonyl (C=O) groups is 3. The van der Waals surface area contributed by atoms with Crippen molar-refractivity contribution in [1.82, 2.24) is 10.3 Å². The predicted molar refractivity (Wildman–Crippen MR) is 155 cm³/mol. The molecule has 0 aliphatic heterocycles. The van der Waals surface area contributed by atoms with Crippen molar-refractivity contribution < 1.29 is 33.3 Å². The normalized spacial score (nSPS) is 14.7. The smallest absolute Gasteiger partial charge is 0.386 e. The largest absolute Gasteiger partial charge is 0.493 e. The number of nitrogens with zero attached hydrogens (tertiary/aromatic N) is 2. The first-order chi connectivity index (χ1) is 20.2. The summed E-state index contributed by atoms with van der Waals surface area (Å²) in [6, 6.07) is 17.0. The molecule has 0 saturated heterocycles. The fourth-order valence-electron chi connectivity index (χ4n) is 4.51. The zero-order valence-corrected chi connectivity index (χ0v) is 24.3. The topological polar surface area (TPSA) is 117 Å². The summed E-state index contributed by atoms with van der Waals surface area (Å²) in [4.78, 5) is 43.4. The van der Waals surface area contributed by atoms with E-state index in [1.807, 2.05) is 18.2 Å². The molecular formula is C32H35N3O7. The highest BCUT2D eigenvalue weighted by Gasteiger charge is 2.47. The third-order valence-corrected chi connectivity index (χ3v) is 6.56. The van der Waals surface area contributed by atoms with Crippen LogP contribution in [0.2, 0.25) is 0 Å². The molecule has 4 rings (SSSR count). The molecule has 0 saturated carbocycles. The Labute approximate surface area is 245 Å². The van der Waals surface area contributed by atoms with Gasteiger partial charge < -0.3 is 29.1 Å². The van der Waals surface area contributed by atoms with E-state index >= 15 is 0 Å². The molecule has 1 atom stereocenters. The molecule has 3 aromatic rings. The van der Waals surface area contributed by atoms with Crippen LogP contribution in [0.4, 0.5) is 0 Å². The minimum Gasteiger partial charge on any atom is -0.493 e. The van der Waals surface area contributed by atoms with Crippen molar-refractivity contribution in [3.8, 4) is 11.5 Å². The number of hydrogen-bond donors (Lipinski definition) is 1. The molecule has 10 nitrogen and oxygen atoms in total. The first-order valence-corrected chi connectivity index (χ1v) is 13.4. The number of carbonyl (C=O) groups excluding carboxylic acids is 3. The zero-order valence-electron chi connectivity index (χ0n) is 24.3. The van der Waals surface area contributed by atoms with Gasteiger partial charge in [0.2, 0.25) is 0 Å². The lowest BCUT2D eigenvalue weighted by Crippen LogP contribution is -2.56. The standard InChI is InChI=1S/C28H30N2O5.C4H5NO2/c1-4-34-27(32)28(17-22-9-6-13-29-23(22)18-28)30-26(31)21-10-11-24(33-3)25(16-21)35-14-12-20-8-5-7-19(2)15-20;1-5-3-4(6)7-2/h5-11,13,15-16H,4,12,14,17-18H2,1-3H3,(H,30,31);3H2,2H3. The number of amides is 1. The second-order valence-corrected chi connectivity index (χ2v) is 9.56. The second kappa shape index (κ2) is 15.2. The highest BCUT2D eigenvalue weighted by molar-refractivity contribution is 5.99. The van der Waals surface area contributed by atoms with Gasteiger partial charge in [-0.25, -0.2) is 16.2 Å². The Kier molecular flexibility index (Phi) is 11.4. The molecule has 1 aliphatic rings. The lowest BCUT2D eigenvalue weighted by atomic mass is 9.95. The lowest BCUT2D eigenvalue weighted by molar-refractivity contribution is -0.150. The van der Waals surface area contributed by atoms with E-state index in [0.717, 1.165) is 17.7 Å². The molecule has 1 unspecified atom stereocenters. The van der Waals surface area contributed by atoms with E-state index < -0.39 is 23.4 Å². The number of rotatable bonds is 10. The summed E-state index contributed by atoms with van der Waals surface area (Å²) in [7, 11) is 2.81. The summed E-state index contributed by atoms with van der Waals surface area (Å²) in [5.41, 5.74) is 3.24. The van der Waals surface area contributed by atoms with Gasteiger partial charge in [-0.3, -0.25) is 9.78 Å². The van der Waals surface area contributed by atoms with Crippen molar-refractivity contribution in [2.45, 2.75) is 38.6 Å². The number of fused-ring (bicyclic) bond motifs is 1. The number of aromatic nitrogens is 1. The van der Waals surface area contributed by atoms with Gasteiger partial charge in [0, 0.05) is 36.7 Å². The molecule has 2 aromatic carbocycles. The quantitative estimate of drug-likeness (QED) is 0.287. The summed E-state index contributed by atoms with van der Waals surface area (Å²) in [5, 5.41) is 2.94. The van der Waals surface area contributed by atoms with Gasteiger partial charge >= 0.3 is 18.5 Å². The van der Waals surface area contributed by atoms with Crippen molar-refractivity contribution in [3.63, 3.8) is 0 Å². The molecule has 0 radical (unpaired) electrons. The van der Waals surface area contributed by atoms with E-state index in [1.54, 1.807) is 38.4 Å². The third kappa shape index (κ3) is 8.30. The molecule has 1 aliphatic carbocycles. The van der Waals surface area contributed by atoms with Gasteiger partial charge in [-0.15, -0.1) is 0 Å². The van der Waals surface area contributed by atoms with Crippen LogP contribution in [0.1, 0.15) is 39.7 Å². The molecule has 0 fully saturated rings. The molecule has 220 valence electrons. The van der Waals surface area contributed by atoms with Gasteiger partial charge in [-0.1, -0.05) is 35.9 Å². The Morgan fingerprint density at radius 3 is 2.50 bits per heavy atom. The number of ether oxygens (including phenoxy) is 4. The Balaban J connectivity index is 0.000000616. The fraction of sp³-hybridized carbons (Fsp3) is 0.344.